The summed E-state index contributed by atoms with van der Waals surface area (Å²) in [4.78, 5) is 0. The van der Waals surface area contributed by atoms with Crippen LogP contribution in [0.25, 0.3) is 22.5 Å². The number of hydrogen-bond acceptors (Lipinski definition) is 2. The summed E-state index contributed by atoms with van der Waals surface area (Å²) in [5.41, 5.74) is 4.56. The highest BCUT2D eigenvalue weighted by molar-refractivity contribution is 9.10. The predicted octanol–water partition coefficient (Wildman–Crippen LogP) is 4.38. The lowest BCUT2D eigenvalue weighted by Crippen LogP contribution is -1.78. The molecule has 0 aliphatic carbocycles. The zero-order chi connectivity index (χ0) is 13.9. The molecular formula is C16H10BrN3. The molecule has 0 saturated carbocycles. The highest BCUT2D eigenvalue weighted by Gasteiger charge is 2.05. The molecule has 1 N–H and O–H groups in total. The van der Waals surface area contributed by atoms with Crippen LogP contribution in [0, 0.1) is 11.3 Å². The van der Waals surface area contributed by atoms with Gasteiger partial charge in [-0.3, -0.25) is 5.10 Å². The van der Waals surface area contributed by atoms with Gasteiger partial charge in [-0.25, -0.2) is 0 Å². The maximum Gasteiger partial charge on any atom is 0.0991 e. The first-order valence-corrected chi connectivity index (χ1v) is 6.87. The largest absolute Gasteiger partial charge is 0.277 e. The number of nitrogens with zero attached hydrogens (tertiary/aromatic N) is 2. The average Bonchev–Trinajstić information content (AvgIpc) is 2.98. The Labute approximate surface area is 125 Å². The molecule has 3 rings (SSSR count). The minimum absolute atomic E-state index is 0.650. The fourth-order valence-electron chi connectivity index (χ4n) is 1.96. The maximum absolute atomic E-state index is 8.80. The van der Waals surface area contributed by atoms with Gasteiger partial charge in [-0.15, -0.1) is 0 Å². The van der Waals surface area contributed by atoms with Gasteiger partial charge >= 0.3 is 0 Å². The highest BCUT2D eigenvalue weighted by atomic mass is 79.9. The van der Waals surface area contributed by atoms with E-state index in [0.717, 1.165) is 27.0 Å². The van der Waals surface area contributed by atoms with E-state index in [1.807, 2.05) is 42.5 Å². The van der Waals surface area contributed by atoms with E-state index in [1.54, 1.807) is 12.1 Å². The molecule has 2 aromatic carbocycles. The molecule has 0 atom stereocenters. The van der Waals surface area contributed by atoms with Crippen LogP contribution in [0.15, 0.2) is 59.1 Å². The number of rotatable bonds is 2. The number of benzene rings is 2. The van der Waals surface area contributed by atoms with Crippen LogP contribution in [-0.2, 0) is 0 Å². The van der Waals surface area contributed by atoms with Gasteiger partial charge in [0.05, 0.1) is 23.0 Å². The lowest BCUT2D eigenvalue weighted by atomic mass is 10.1. The molecule has 0 radical (unpaired) electrons. The Balaban J connectivity index is 1.93. The standard InChI is InChI=1S/C16H10BrN3/c17-14-7-5-13(6-8-14)16-9-15(19-20-16)12-3-1-11(10-18)2-4-12/h1-9H,(H,19,20). The van der Waals surface area contributed by atoms with Crippen molar-refractivity contribution in [3.05, 3.63) is 64.6 Å². The number of aromatic amines is 1. The summed E-state index contributed by atoms with van der Waals surface area (Å²) in [6.07, 6.45) is 0. The molecule has 0 aliphatic heterocycles. The Morgan fingerprint density at radius 3 is 2.25 bits per heavy atom. The minimum atomic E-state index is 0.650. The second kappa shape index (κ2) is 5.32. The van der Waals surface area contributed by atoms with Gasteiger partial charge in [-0.1, -0.05) is 40.2 Å². The normalized spacial score (nSPS) is 10.2. The Hall–Kier alpha value is -2.38. The van der Waals surface area contributed by atoms with Crippen LogP contribution in [0.3, 0.4) is 0 Å². The number of nitriles is 1. The average molecular weight is 324 g/mol. The molecule has 3 nitrogen and oxygen atoms in total. The molecule has 1 aromatic heterocycles. The van der Waals surface area contributed by atoms with Gasteiger partial charge in [0.2, 0.25) is 0 Å². The first-order chi connectivity index (χ1) is 9.76. The van der Waals surface area contributed by atoms with E-state index in [-0.39, 0.29) is 0 Å². The first-order valence-electron chi connectivity index (χ1n) is 6.08. The van der Waals surface area contributed by atoms with Gasteiger partial charge in [0.25, 0.3) is 0 Å². The van der Waals surface area contributed by atoms with E-state index in [0.29, 0.717) is 5.56 Å². The summed E-state index contributed by atoms with van der Waals surface area (Å²) in [6.45, 7) is 0. The van der Waals surface area contributed by atoms with Crippen molar-refractivity contribution in [2.75, 3.05) is 0 Å². The van der Waals surface area contributed by atoms with Crippen LogP contribution < -0.4 is 0 Å². The van der Waals surface area contributed by atoms with Crippen molar-refractivity contribution in [2.45, 2.75) is 0 Å². The predicted molar refractivity (Wildman–Crippen MR) is 81.9 cm³/mol. The van der Waals surface area contributed by atoms with Crippen LogP contribution in [0.1, 0.15) is 5.56 Å². The smallest absolute Gasteiger partial charge is 0.0991 e. The van der Waals surface area contributed by atoms with Crippen molar-refractivity contribution in [3.8, 4) is 28.6 Å². The van der Waals surface area contributed by atoms with E-state index in [1.165, 1.54) is 0 Å². The van der Waals surface area contributed by atoms with Crippen molar-refractivity contribution >= 4 is 15.9 Å². The van der Waals surface area contributed by atoms with Gasteiger partial charge < -0.3 is 0 Å². The Morgan fingerprint density at radius 2 is 1.60 bits per heavy atom. The molecule has 0 bridgehead atoms. The van der Waals surface area contributed by atoms with E-state index in [2.05, 4.69) is 32.2 Å². The van der Waals surface area contributed by atoms with Gasteiger partial charge in [0, 0.05) is 10.0 Å². The quantitative estimate of drug-likeness (QED) is 0.760. The number of aromatic nitrogens is 2. The van der Waals surface area contributed by atoms with Crippen LogP contribution in [0.5, 0.6) is 0 Å². The SMILES string of the molecule is N#Cc1ccc(-c2cc(-c3ccc(Br)cc3)[nH]n2)cc1. The van der Waals surface area contributed by atoms with Crippen molar-refractivity contribution in [1.82, 2.24) is 10.2 Å². The van der Waals surface area contributed by atoms with Crippen LogP contribution in [0.4, 0.5) is 0 Å². The molecule has 0 saturated heterocycles. The summed E-state index contributed by atoms with van der Waals surface area (Å²) in [5.74, 6) is 0. The minimum Gasteiger partial charge on any atom is -0.277 e. The second-order valence-electron chi connectivity index (χ2n) is 4.36. The van der Waals surface area contributed by atoms with Gasteiger partial charge in [-0.05, 0) is 35.9 Å². The fraction of sp³-hybridized carbons (Fsp3) is 0. The van der Waals surface area contributed by atoms with Gasteiger partial charge in [0.15, 0.2) is 0 Å². The lowest BCUT2D eigenvalue weighted by molar-refractivity contribution is 1.10. The Kier molecular flexibility index (Phi) is 3.36. The van der Waals surface area contributed by atoms with E-state index < -0.39 is 0 Å². The summed E-state index contributed by atoms with van der Waals surface area (Å²) in [6, 6.07) is 19.6. The molecule has 0 spiro atoms. The summed E-state index contributed by atoms with van der Waals surface area (Å²) >= 11 is 3.42. The summed E-state index contributed by atoms with van der Waals surface area (Å²) in [7, 11) is 0. The van der Waals surface area contributed by atoms with Gasteiger partial charge in [-0.2, -0.15) is 10.4 Å². The van der Waals surface area contributed by atoms with Crippen molar-refractivity contribution in [2.24, 2.45) is 0 Å². The summed E-state index contributed by atoms with van der Waals surface area (Å²) in [5, 5.41) is 16.2. The van der Waals surface area contributed by atoms with Crippen LogP contribution in [0.2, 0.25) is 0 Å². The van der Waals surface area contributed by atoms with Crippen LogP contribution >= 0.6 is 15.9 Å². The number of hydrogen-bond donors (Lipinski definition) is 1. The van der Waals surface area contributed by atoms with Crippen molar-refractivity contribution in [3.63, 3.8) is 0 Å². The molecule has 0 fully saturated rings. The molecular weight excluding hydrogens is 314 g/mol. The first kappa shape index (κ1) is 12.6. The fourth-order valence-corrected chi connectivity index (χ4v) is 2.23. The number of halogens is 1. The number of H-pyrrole nitrogens is 1. The van der Waals surface area contributed by atoms with Gasteiger partial charge in [0.1, 0.15) is 0 Å². The van der Waals surface area contributed by atoms with E-state index in [4.69, 9.17) is 5.26 Å². The third kappa shape index (κ3) is 2.49. The third-order valence-electron chi connectivity index (χ3n) is 3.04. The maximum atomic E-state index is 8.80. The van der Waals surface area contributed by atoms with E-state index >= 15 is 0 Å². The second-order valence-corrected chi connectivity index (χ2v) is 5.28. The molecule has 1 heterocycles. The number of nitrogens with one attached hydrogen (secondary N) is 1. The topological polar surface area (TPSA) is 52.5 Å². The molecule has 0 aliphatic rings. The Bertz CT molecular complexity index is 765. The van der Waals surface area contributed by atoms with Crippen molar-refractivity contribution < 1.29 is 0 Å². The third-order valence-corrected chi connectivity index (χ3v) is 3.57. The molecule has 0 amide bonds. The Morgan fingerprint density at radius 1 is 0.950 bits per heavy atom. The van der Waals surface area contributed by atoms with Crippen molar-refractivity contribution in [1.29, 1.82) is 5.26 Å². The molecule has 20 heavy (non-hydrogen) atoms. The zero-order valence-electron chi connectivity index (χ0n) is 10.5. The lowest BCUT2D eigenvalue weighted by Gasteiger charge is -1.97. The summed E-state index contributed by atoms with van der Waals surface area (Å²) < 4.78 is 1.05. The molecule has 0 unspecified atom stereocenters. The van der Waals surface area contributed by atoms with Crippen LogP contribution in [-0.4, -0.2) is 10.2 Å². The monoisotopic (exact) mass is 323 g/mol. The van der Waals surface area contributed by atoms with E-state index in [9.17, 15) is 0 Å². The molecule has 3 aromatic rings. The zero-order valence-corrected chi connectivity index (χ0v) is 12.1. The molecule has 4 heteroatoms. The molecule has 96 valence electrons. The highest BCUT2D eigenvalue weighted by Crippen LogP contribution is 2.25.